The van der Waals surface area contributed by atoms with Gasteiger partial charge in [-0.3, -0.25) is 14.5 Å². The minimum atomic E-state index is -0.315. The van der Waals surface area contributed by atoms with Crippen LogP contribution in [-0.2, 0) is 9.59 Å². The van der Waals surface area contributed by atoms with Crippen LogP contribution in [0, 0.1) is 0 Å². The number of carbonyl (C=O) groups is 2. The first kappa shape index (κ1) is 13.4. The molecule has 1 aliphatic rings. The molecule has 0 bridgehead atoms. The average Bonchev–Trinajstić information content (AvgIpc) is 2.43. The van der Waals surface area contributed by atoms with Crippen LogP contribution in [0.1, 0.15) is 20.3 Å². The molecular formula is C12H17NO2. The van der Waals surface area contributed by atoms with Crippen LogP contribution in [0.5, 0.6) is 0 Å². The summed E-state index contributed by atoms with van der Waals surface area (Å²) in [6, 6.07) is 0. The fourth-order valence-electron chi connectivity index (χ4n) is 1.08. The molecule has 0 N–H and O–H groups in total. The van der Waals surface area contributed by atoms with Crippen molar-refractivity contribution in [2.45, 2.75) is 20.3 Å². The molecule has 0 aromatic carbocycles. The van der Waals surface area contributed by atoms with E-state index in [1.165, 1.54) is 25.6 Å². The molecule has 1 rings (SSSR count). The Hall–Kier alpha value is -1.64. The molecule has 0 unspecified atom stereocenters. The average molecular weight is 207 g/mol. The molecule has 3 heteroatoms. The Kier molecular flexibility index (Phi) is 5.31. The van der Waals surface area contributed by atoms with Crippen molar-refractivity contribution in [3.63, 3.8) is 0 Å². The summed E-state index contributed by atoms with van der Waals surface area (Å²) in [5, 5.41) is 0. The highest BCUT2D eigenvalue weighted by Gasteiger charge is 2.31. The molecule has 2 amide bonds. The Bertz CT molecular complexity index is 297. The summed E-state index contributed by atoms with van der Waals surface area (Å²) in [5.41, 5.74) is 0.662. The van der Waals surface area contributed by atoms with E-state index in [2.05, 4.69) is 27.0 Å². The standard InChI is InChI=1S/C9H9NO2.C3H8/c1-4-6-7(5-2)9(12)10(3)8(6)11;1-3-2/h4-5H,1-2H2,3H3;3H2,1-2H3. The maximum atomic E-state index is 11.2. The van der Waals surface area contributed by atoms with E-state index in [9.17, 15) is 9.59 Å². The normalized spacial score (nSPS) is 15.0. The van der Waals surface area contributed by atoms with E-state index in [0.717, 1.165) is 4.90 Å². The maximum absolute atomic E-state index is 11.2. The van der Waals surface area contributed by atoms with Crippen LogP contribution in [0.25, 0.3) is 0 Å². The van der Waals surface area contributed by atoms with Crippen molar-refractivity contribution in [3.8, 4) is 0 Å². The molecule has 0 spiro atoms. The van der Waals surface area contributed by atoms with E-state index >= 15 is 0 Å². The lowest BCUT2D eigenvalue weighted by atomic mass is 10.1. The summed E-state index contributed by atoms with van der Waals surface area (Å²) < 4.78 is 0. The van der Waals surface area contributed by atoms with Crippen LogP contribution in [0.2, 0.25) is 0 Å². The number of likely N-dealkylation sites (N-methyl/N-ethyl adjacent to an activating group) is 1. The minimum absolute atomic E-state index is 0.315. The van der Waals surface area contributed by atoms with Crippen molar-refractivity contribution >= 4 is 11.8 Å². The number of rotatable bonds is 2. The van der Waals surface area contributed by atoms with Crippen LogP contribution < -0.4 is 0 Å². The lowest BCUT2D eigenvalue weighted by molar-refractivity contribution is -0.135. The van der Waals surface area contributed by atoms with E-state index in [-0.39, 0.29) is 11.8 Å². The predicted molar refractivity (Wildman–Crippen MR) is 61.2 cm³/mol. The van der Waals surface area contributed by atoms with Crippen molar-refractivity contribution in [1.29, 1.82) is 0 Å². The lowest BCUT2D eigenvalue weighted by Crippen LogP contribution is -2.26. The highest BCUT2D eigenvalue weighted by Crippen LogP contribution is 2.20. The van der Waals surface area contributed by atoms with Gasteiger partial charge in [-0.05, 0) is 0 Å². The summed E-state index contributed by atoms with van der Waals surface area (Å²) in [4.78, 5) is 23.5. The second kappa shape index (κ2) is 5.96. The Balaban J connectivity index is 0.000000583. The number of imide groups is 1. The van der Waals surface area contributed by atoms with Gasteiger partial charge in [0.1, 0.15) is 0 Å². The quantitative estimate of drug-likeness (QED) is 0.650. The molecule has 1 aliphatic heterocycles. The molecule has 0 saturated heterocycles. The third-order valence-corrected chi connectivity index (χ3v) is 1.77. The summed E-state index contributed by atoms with van der Waals surface area (Å²) >= 11 is 0. The van der Waals surface area contributed by atoms with E-state index in [4.69, 9.17) is 0 Å². The summed E-state index contributed by atoms with van der Waals surface area (Å²) in [5.74, 6) is -0.630. The molecule has 3 nitrogen and oxygen atoms in total. The Labute approximate surface area is 90.8 Å². The third-order valence-electron chi connectivity index (χ3n) is 1.77. The van der Waals surface area contributed by atoms with E-state index < -0.39 is 0 Å². The molecule has 0 aromatic heterocycles. The van der Waals surface area contributed by atoms with Gasteiger partial charge in [-0.15, -0.1) is 0 Å². The topological polar surface area (TPSA) is 37.4 Å². The first-order valence-electron chi connectivity index (χ1n) is 4.86. The molecule has 1 heterocycles. The van der Waals surface area contributed by atoms with Crippen molar-refractivity contribution in [2.24, 2.45) is 0 Å². The Morgan fingerprint density at radius 1 is 1.07 bits per heavy atom. The smallest absolute Gasteiger partial charge is 0.261 e. The predicted octanol–water partition coefficient (Wildman–Crippen LogP) is 2.07. The van der Waals surface area contributed by atoms with E-state index in [1.807, 2.05) is 0 Å². The minimum Gasteiger partial charge on any atom is -0.277 e. The number of hydrogen-bond acceptors (Lipinski definition) is 2. The molecular weight excluding hydrogens is 190 g/mol. The molecule has 0 saturated carbocycles. The highest BCUT2D eigenvalue weighted by molar-refractivity contribution is 6.21. The molecule has 0 radical (unpaired) electrons. The molecule has 82 valence electrons. The number of nitrogens with zero attached hydrogens (tertiary/aromatic N) is 1. The zero-order valence-corrected chi connectivity index (χ0v) is 9.54. The van der Waals surface area contributed by atoms with Crippen molar-refractivity contribution in [2.75, 3.05) is 7.05 Å². The van der Waals surface area contributed by atoms with Gasteiger partial charge in [0.05, 0.1) is 11.1 Å². The zero-order valence-electron chi connectivity index (χ0n) is 9.54. The van der Waals surface area contributed by atoms with Gasteiger partial charge in [0, 0.05) is 7.05 Å². The largest absolute Gasteiger partial charge is 0.277 e. The van der Waals surface area contributed by atoms with Gasteiger partial charge < -0.3 is 0 Å². The summed E-state index contributed by atoms with van der Waals surface area (Å²) in [6.07, 6.45) is 4.00. The Morgan fingerprint density at radius 3 is 1.53 bits per heavy atom. The number of amides is 2. The van der Waals surface area contributed by atoms with Gasteiger partial charge >= 0.3 is 0 Å². The first-order valence-corrected chi connectivity index (χ1v) is 4.86. The van der Waals surface area contributed by atoms with Gasteiger partial charge in [-0.25, -0.2) is 0 Å². The zero-order chi connectivity index (χ0) is 12.0. The van der Waals surface area contributed by atoms with Crippen molar-refractivity contribution in [1.82, 2.24) is 4.90 Å². The Morgan fingerprint density at radius 2 is 1.33 bits per heavy atom. The first-order chi connectivity index (χ1) is 7.04. The van der Waals surface area contributed by atoms with Crippen LogP contribution >= 0.6 is 0 Å². The molecule has 15 heavy (non-hydrogen) atoms. The van der Waals surface area contributed by atoms with E-state index in [0.29, 0.717) is 11.1 Å². The fraction of sp³-hybridized carbons (Fsp3) is 0.333. The highest BCUT2D eigenvalue weighted by atomic mass is 16.2. The van der Waals surface area contributed by atoms with Crippen molar-refractivity contribution in [3.05, 3.63) is 36.5 Å². The molecule has 0 atom stereocenters. The second-order valence-corrected chi connectivity index (χ2v) is 3.11. The van der Waals surface area contributed by atoms with Crippen LogP contribution in [0.3, 0.4) is 0 Å². The van der Waals surface area contributed by atoms with Gasteiger partial charge in [0.15, 0.2) is 0 Å². The molecule has 0 aromatic rings. The van der Waals surface area contributed by atoms with Crippen LogP contribution in [0.4, 0.5) is 0 Å². The van der Waals surface area contributed by atoms with Gasteiger partial charge in [0.2, 0.25) is 0 Å². The lowest BCUT2D eigenvalue weighted by Gasteiger charge is -2.04. The molecule has 0 aliphatic carbocycles. The maximum Gasteiger partial charge on any atom is 0.261 e. The summed E-state index contributed by atoms with van der Waals surface area (Å²) in [7, 11) is 1.44. The third kappa shape index (κ3) is 2.65. The van der Waals surface area contributed by atoms with Crippen LogP contribution in [0.15, 0.2) is 36.5 Å². The second-order valence-electron chi connectivity index (χ2n) is 3.11. The SMILES string of the molecule is C=CC1=C(C=C)C(=O)N(C)C1=O.CCC. The molecule has 0 fully saturated rings. The van der Waals surface area contributed by atoms with Crippen LogP contribution in [-0.4, -0.2) is 23.8 Å². The summed E-state index contributed by atoms with van der Waals surface area (Å²) in [6.45, 7) is 11.2. The van der Waals surface area contributed by atoms with Gasteiger partial charge in [0.25, 0.3) is 11.8 Å². The fourth-order valence-corrected chi connectivity index (χ4v) is 1.08. The monoisotopic (exact) mass is 207 g/mol. The van der Waals surface area contributed by atoms with Gasteiger partial charge in [-0.2, -0.15) is 0 Å². The number of carbonyl (C=O) groups excluding carboxylic acids is 2. The van der Waals surface area contributed by atoms with Crippen molar-refractivity contribution < 1.29 is 9.59 Å². The van der Waals surface area contributed by atoms with Gasteiger partial charge in [-0.1, -0.05) is 45.6 Å². The number of hydrogen-bond donors (Lipinski definition) is 0. The van der Waals surface area contributed by atoms with E-state index in [1.54, 1.807) is 0 Å².